The quantitative estimate of drug-likeness (QED) is 0.321. The number of hydrogen-bond donors (Lipinski definition) is 1. The van der Waals surface area contributed by atoms with Crippen LogP contribution in [0.15, 0.2) is 36.4 Å². The zero-order valence-corrected chi connectivity index (χ0v) is 22.5. The molecule has 2 aromatic carbocycles. The molecule has 1 aromatic heterocycles. The molecule has 1 fully saturated rings. The van der Waals surface area contributed by atoms with Gasteiger partial charge in [0, 0.05) is 16.5 Å². The molecule has 0 saturated heterocycles. The Balaban J connectivity index is 1.99. The van der Waals surface area contributed by atoms with Crippen molar-refractivity contribution < 1.29 is 23.8 Å². The van der Waals surface area contributed by atoms with Crippen LogP contribution < -0.4 is 0 Å². The number of carboxylic acids is 1. The average molecular weight is 547 g/mol. The van der Waals surface area contributed by atoms with E-state index >= 15 is 0 Å². The average Bonchev–Trinajstić information content (AvgIpc) is 3.22. The first kappa shape index (κ1) is 27.1. The molecular weight excluding hydrogens is 518 g/mol. The molecule has 1 saturated carbocycles. The molecule has 0 radical (unpaired) electrons. The van der Waals surface area contributed by atoms with Crippen molar-refractivity contribution in [3.8, 4) is 16.9 Å². The van der Waals surface area contributed by atoms with Gasteiger partial charge in [-0.2, -0.15) is 0 Å². The highest BCUT2D eigenvalue weighted by Crippen LogP contribution is 2.40. The van der Waals surface area contributed by atoms with E-state index in [-0.39, 0.29) is 28.7 Å². The zero-order chi connectivity index (χ0) is 26.9. The SMILES string of the molecule is CC(C)(C)OC(=O)Cc1ccc(Cl)cc1-n1c(C2CCCCC2)nc(C(=O)O)c1-c1ccc(F)c(Cl)c1. The van der Waals surface area contributed by atoms with E-state index in [1.807, 2.05) is 0 Å². The van der Waals surface area contributed by atoms with E-state index in [1.165, 1.54) is 18.2 Å². The second-order valence-electron chi connectivity index (χ2n) is 10.3. The topological polar surface area (TPSA) is 81.4 Å². The first-order valence-corrected chi connectivity index (χ1v) is 13.0. The van der Waals surface area contributed by atoms with Crippen molar-refractivity contribution in [3.05, 3.63) is 69.3 Å². The Morgan fingerprint density at radius 3 is 2.43 bits per heavy atom. The third-order valence-corrected chi connectivity index (χ3v) is 6.84. The fourth-order valence-electron chi connectivity index (χ4n) is 4.80. The van der Waals surface area contributed by atoms with Crippen molar-refractivity contribution in [1.29, 1.82) is 0 Å². The number of carbonyl (C=O) groups excluding carboxylic acids is 1. The van der Waals surface area contributed by atoms with Crippen LogP contribution in [0.25, 0.3) is 16.9 Å². The minimum absolute atomic E-state index is 0.00452. The summed E-state index contributed by atoms with van der Waals surface area (Å²) in [5.74, 6) is -1.69. The third kappa shape index (κ3) is 6.16. The summed E-state index contributed by atoms with van der Waals surface area (Å²) in [6.45, 7) is 5.38. The lowest BCUT2D eigenvalue weighted by atomic mass is 9.88. The predicted molar refractivity (Wildman–Crippen MR) is 141 cm³/mol. The molecule has 1 aliphatic rings. The summed E-state index contributed by atoms with van der Waals surface area (Å²) >= 11 is 12.5. The molecule has 0 amide bonds. The van der Waals surface area contributed by atoms with E-state index < -0.39 is 23.4 Å². The Morgan fingerprint density at radius 1 is 1.11 bits per heavy atom. The first-order chi connectivity index (χ1) is 17.4. The summed E-state index contributed by atoms with van der Waals surface area (Å²) in [5.41, 5.74) is 0.919. The molecule has 9 heteroatoms. The van der Waals surface area contributed by atoms with Gasteiger partial charge in [-0.05, 0) is 69.5 Å². The maximum atomic E-state index is 14.0. The van der Waals surface area contributed by atoms with Crippen molar-refractivity contribution >= 4 is 35.1 Å². The maximum Gasteiger partial charge on any atom is 0.356 e. The van der Waals surface area contributed by atoms with Crippen molar-refractivity contribution in [2.24, 2.45) is 0 Å². The molecule has 1 N–H and O–H groups in total. The van der Waals surface area contributed by atoms with Crippen LogP contribution in [0.1, 0.15) is 80.7 Å². The van der Waals surface area contributed by atoms with E-state index in [1.54, 1.807) is 43.5 Å². The van der Waals surface area contributed by atoms with Crippen LogP contribution in [0.4, 0.5) is 4.39 Å². The molecule has 37 heavy (non-hydrogen) atoms. The third-order valence-electron chi connectivity index (χ3n) is 6.31. The van der Waals surface area contributed by atoms with E-state index in [2.05, 4.69) is 4.98 Å². The molecule has 0 atom stereocenters. The van der Waals surface area contributed by atoms with Gasteiger partial charge in [0.2, 0.25) is 0 Å². The Kier molecular flexibility index (Phi) is 7.95. The molecule has 0 spiro atoms. The summed E-state index contributed by atoms with van der Waals surface area (Å²) in [4.78, 5) is 29.8. The number of hydrogen-bond acceptors (Lipinski definition) is 4. The summed E-state index contributed by atoms with van der Waals surface area (Å²) < 4.78 is 21.4. The molecule has 196 valence electrons. The zero-order valence-electron chi connectivity index (χ0n) is 21.0. The van der Waals surface area contributed by atoms with Crippen molar-refractivity contribution in [3.63, 3.8) is 0 Å². The molecule has 4 rings (SSSR count). The van der Waals surface area contributed by atoms with Gasteiger partial charge >= 0.3 is 11.9 Å². The number of aromatic carboxylic acids is 1. The summed E-state index contributed by atoms with van der Waals surface area (Å²) in [6.07, 6.45) is 4.74. The minimum atomic E-state index is -1.22. The number of carboxylic acid groups (broad SMARTS) is 1. The molecule has 3 aromatic rings. The van der Waals surface area contributed by atoms with Gasteiger partial charge in [-0.25, -0.2) is 14.2 Å². The Morgan fingerprint density at radius 2 is 1.81 bits per heavy atom. The Labute approximate surface area is 225 Å². The molecular formula is C28H29Cl2FN2O4. The number of ether oxygens (including phenoxy) is 1. The number of imidazole rings is 1. The van der Waals surface area contributed by atoms with E-state index in [9.17, 15) is 19.1 Å². The van der Waals surface area contributed by atoms with Gasteiger partial charge in [0.25, 0.3) is 0 Å². The van der Waals surface area contributed by atoms with Gasteiger partial charge in [-0.3, -0.25) is 9.36 Å². The lowest BCUT2D eigenvalue weighted by molar-refractivity contribution is -0.153. The summed E-state index contributed by atoms with van der Waals surface area (Å²) in [7, 11) is 0. The first-order valence-electron chi connectivity index (χ1n) is 12.3. The smallest absolute Gasteiger partial charge is 0.356 e. The summed E-state index contributed by atoms with van der Waals surface area (Å²) in [6, 6.07) is 9.15. The molecule has 0 aliphatic heterocycles. The van der Waals surface area contributed by atoms with Gasteiger partial charge in [-0.15, -0.1) is 0 Å². The van der Waals surface area contributed by atoms with Crippen molar-refractivity contribution in [1.82, 2.24) is 9.55 Å². The van der Waals surface area contributed by atoms with Crippen LogP contribution >= 0.6 is 23.2 Å². The van der Waals surface area contributed by atoms with E-state index in [0.29, 0.717) is 27.7 Å². The number of carbonyl (C=O) groups is 2. The van der Waals surface area contributed by atoms with E-state index in [0.717, 1.165) is 32.1 Å². The van der Waals surface area contributed by atoms with Gasteiger partial charge in [0.15, 0.2) is 5.69 Å². The standard InChI is InChI=1S/C28H29Cl2FN2O4/c1-28(2,3)37-23(34)14-17-9-11-19(29)15-22(17)33-25(18-10-12-21(31)20(30)13-18)24(27(35)36)32-26(33)16-7-5-4-6-8-16/h9-13,15-16H,4-8,14H2,1-3H3,(H,35,36). The molecule has 1 heterocycles. The maximum absolute atomic E-state index is 14.0. The highest BCUT2D eigenvalue weighted by atomic mass is 35.5. The summed E-state index contributed by atoms with van der Waals surface area (Å²) in [5, 5.41) is 10.4. The van der Waals surface area contributed by atoms with Crippen molar-refractivity contribution in [2.75, 3.05) is 0 Å². The largest absolute Gasteiger partial charge is 0.476 e. The second-order valence-corrected chi connectivity index (χ2v) is 11.2. The molecule has 6 nitrogen and oxygen atoms in total. The Bertz CT molecular complexity index is 1340. The minimum Gasteiger partial charge on any atom is -0.476 e. The van der Waals surface area contributed by atoms with Gasteiger partial charge in [-0.1, -0.05) is 48.5 Å². The number of nitrogens with zero attached hydrogens (tertiary/aromatic N) is 2. The fraction of sp³-hybridized carbons (Fsp3) is 0.393. The van der Waals surface area contributed by atoms with E-state index in [4.69, 9.17) is 27.9 Å². The van der Waals surface area contributed by atoms with Gasteiger partial charge in [0.1, 0.15) is 17.2 Å². The monoisotopic (exact) mass is 546 g/mol. The van der Waals surface area contributed by atoms with Crippen LogP contribution in [0.5, 0.6) is 0 Å². The highest BCUT2D eigenvalue weighted by Gasteiger charge is 2.31. The number of halogens is 3. The van der Waals surface area contributed by atoms with Crippen LogP contribution in [0.3, 0.4) is 0 Å². The van der Waals surface area contributed by atoms with Gasteiger partial charge < -0.3 is 9.84 Å². The van der Waals surface area contributed by atoms with Crippen molar-refractivity contribution in [2.45, 2.75) is 70.8 Å². The number of aromatic nitrogens is 2. The second kappa shape index (κ2) is 10.8. The van der Waals surface area contributed by atoms with Crippen LogP contribution in [0.2, 0.25) is 10.0 Å². The lowest BCUT2D eigenvalue weighted by Gasteiger charge is -2.25. The number of esters is 1. The molecule has 1 aliphatic carbocycles. The fourth-order valence-corrected chi connectivity index (χ4v) is 5.15. The van der Waals surface area contributed by atoms with Crippen LogP contribution in [-0.2, 0) is 16.0 Å². The molecule has 0 unspecified atom stereocenters. The number of rotatable bonds is 6. The van der Waals surface area contributed by atoms with Crippen LogP contribution in [-0.4, -0.2) is 32.2 Å². The van der Waals surface area contributed by atoms with Crippen LogP contribution in [0, 0.1) is 5.82 Å². The molecule has 0 bridgehead atoms. The Hall–Kier alpha value is -2.90. The highest BCUT2D eigenvalue weighted by molar-refractivity contribution is 6.31. The van der Waals surface area contributed by atoms with Gasteiger partial charge in [0.05, 0.1) is 22.8 Å². The lowest BCUT2D eigenvalue weighted by Crippen LogP contribution is -2.25. The number of benzene rings is 2. The normalized spacial score (nSPS) is 14.5. The predicted octanol–water partition coefficient (Wildman–Crippen LogP) is 7.62.